The normalized spacial score (nSPS) is 30.0. The molecular formula is C15H20BrClO. The maximum atomic E-state index is 6.39. The van der Waals surface area contributed by atoms with Crippen molar-refractivity contribution in [3.05, 3.63) is 24.3 Å². The zero-order valence-electron chi connectivity index (χ0n) is 10.7. The number of alkyl halides is 2. The molecule has 3 heteroatoms. The molecule has 0 aromatic rings. The molecule has 0 aromatic carbocycles. The lowest BCUT2D eigenvalue weighted by atomic mass is 10.0. The molecule has 1 nitrogen and oxygen atoms in total. The van der Waals surface area contributed by atoms with E-state index in [-0.39, 0.29) is 17.6 Å². The number of ether oxygens (including phenoxy) is 1. The Bertz CT molecular complexity index is 332. The predicted molar refractivity (Wildman–Crippen MR) is 82.2 cm³/mol. The fourth-order valence-corrected chi connectivity index (χ4v) is 2.99. The smallest absolute Gasteiger partial charge is 0.0779 e. The van der Waals surface area contributed by atoms with Gasteiger partial charge in [0, 0.05) is 11.2 Å². The van der Waals surface area contributed by atoms with Crippen molar-refractivity contribution in [2.75, 3.05) is 5.33 Å². The van der Waals surface area contributed by atoms with Crippen LogP contribution < -0.4 is 0 Å². The minimum Gasteiger partial charge on any atom is -0.372 e. The minimum atomic E-state index is -0.0256. The SMILES string of the molecule is C#C/C=C\C[C@@H](Cl)[C@H]1CC=C[C@H](CBr)[C@H](CC)O1. The number of terminal acetylenes is 1. The van der Waals surface area contributed by atoms with Gasteiger partial charge in [-0.15, -0.1) is 18.0 Å². The lowest BCUT2D eigenvalue weighted by Crippen LogP contribution is -2.31. The zero-order chi connectivity index (χ0) is 13.4. The molecule has 0 bridgehead atoms. The Morgan fingerprint density at radius 3 is 3.06 bits per heavy atom. The summed E-state index contributed by atoms with van der Waals surface area (Å²) < 4.78 is 6.15. The molecule has 0 saturated heterocycles. The van der Waals surface area contributed by atoms with Gasteiger partial charge in [-0.2, -0.15) is 0 Å². The number of rotatable bonds is 5. The summed E-state index contributed by atoms with van der Waals surface area (Å²) in [6, 6.07) is 0. The van der Waals surface area contributed by atoms with Crippen molar-refractivity contribution in [2.24, 2.45) is 5.92 Å². The highest BCUT2D eigenvalue weighted by atomic mass is 79.9. The summed E-state index contributed by atoms with van der Waals surface area (Å²) in [7, 11) is 0. The average molecular weight is 332 g/mol. The molecule has 0 amide bonds. The molecule has 0 spiro atoms. The second kappa shape index (κ2) is 8.80. The van der Waals surface area contributed by atoms with E-state index in [2.05, 4.69) is 40.9 Å². The second-order valence-electron chi connectivity index (χ2n) is 4.42. The molecule has 1 heterocycles. The highest BCUT2D eigenvalue weighted by molar-refractivity contribution is 9.09. The summed E-state index contributed by atoms with van der Waals surface area (Å²) in [5, 5.41) is 0.904. The van der Waals surface area contributed by atoms with E-state index < -0.39 is 0 Å². The van der Waals surface area contributed by atoms with Crippen LogP contribution in [-0.4, -0.2) is 22.9 Å². The first-order chi connectivity index (χ1) is 8.72. The van der Waals surface area contributed by atoms with Crippen molar-refractivity contribution in [3.8, 4) is 12.3 Å². The number of allylic oxidation sites excluding steroid dienone is 2. The highest BCUT2D eigenvalue weighted by Gasteiger charge is 2.27. The summed E-state index contributed by atoms with van der Waals surface area (Å²) in [5.74, 6) is 2.91. The van der Waals surface area contributed by atoms with Gasteiger partial charge in [-0.1, -0.05) is 47.0 Å². The van der Waals surface area contributed by atoms with Gasteiger partial charge in [-0.3, -0.25) is 0 Å². The van der Waals surface area contributed by atoms with Crippen LogP contribution in [0.4, 0.5) is 0 Å². The molecule has 18 heavy (non-hydrogen) atoms. The van der Waals surface area contributed by atoms with Gasteiger partial charge in [-0.25, -0.2) is 0 Å². The summed E-state index contributed by atoms with van der Waals surface area (Å²) in [6.07, 6.45) is 16.2. The van der Waals surface area contributed by atoms with Gasteiger partial charge in [0.05, 0.1) is 17.6 Å². The third-order valence-corrected chi connectivity index (χ3v) is 4.34. The molecule has 0 radical (unpaired) electrons. The predicted octanol–water partition coefficient (Wildman–Crippen LogP) is 4.31. The van der Waals surface area contributed by atoms with Gasteiger partial charge >= 0.3 is 0 Å². The number of hydrogen-bond donors (Lipinski definition) is 0. The van der Waals surface area contributed by atoms with E-state index in [0.29, 0.717) is 5.92 Å². The third kappa shape index (κ3) is 4.80. The van der Waals surface area contributed by atoms with Crippen LogP contribution in [0.1, 0.15) is 26.2 Å². The first-order valence-electron chi connectivity index (χ1n) is 6.36. The van der Waals surface area contributed by atoms with E-state index in [0.717, 1.165) is 24.6 Å². The van der Waals surface area contributed by atoms with Crippen molar-refractivity contribution >= 4 is 27.5 Å². The van der Waals surface area contributed by atoms with Gasteiger partial charge in [0.2, 0.25) is 0 Å². The monoisotopic (exact) mass is 330 g/mol. The summed E-state index contributed by atoms with van der Waals surface area (Å²) in [5.41, 5.74) is 0. The Labute approximate surface area is 124 Å². The van der Waals surface area contributed by atoms with Crippen molar-refractivity contribution in [1.82, 2.24) is 0 Å². The van der Waals surface area contributed by atoms with Crippen molar-refractivity contribution < 1.29 is 4.74 Å². The molecule has 1 aliphatic heterocycles. The Hall–Kier alpha value is -0.230. The van der Waals surface area contributed by atoms with Crippen LogP contribution in [0.25, 0.3) is 0 Å². The molecule has 0 fully saturated rings. The van der Waals surface area contributed by atoms with E-state index >= 15 is 0 Å². The maximum absolute atomic E-state index is 6.39. The molecular weight excluding hydrogens is 312 g/mol. The van der Waals surface area contributed by atoms with Gasteiger partial charge < -0.3 is 4.74 Å². The van der Waals surface area contributed by atoms with E-state index in [1.165, 1.54) is 0 Å². The van der Waals surface area contributed by atoms with Crippen LogP contribution in [-0.2, 0) is 4.74 Å². The lowest BCUT2D eigenvalue weighted by molar-refractivity contribution is -0.0256. The quantitative estimate of drug-likeness (QED) is 0.414. The van der Waals surface area contributed by atoms with E-state index in [4.69, 9.17) is 22.8 Å². The Morgan fingerprint density at radius 2 is 2.44 bits per heavy atom. The maximum Gasteiger partial charge on any atom is 0.0779 e. The highest BCUT2D eigenvalue weighted by Crippen LogP contribution is 2.27. The molecule has 0 unspecified atom stereocenters. The van der Waals surface area contributed by atoms with Crippen LogP contribution in [0, 0.1) is 18.3 Å². The molecule has 0 aromatic heterocycles. The molecule has 0 N–H and O–H groups in total. The van der Waals surface area contributed by atoms with Crippen LogP contribution in [0.5, 0.6) is 0 Å². The van der Waals surface area contributed by atoms with E-state index in [1.54, 1.807) is 6.08 Å². The first-order valence-corrected chi connectivity index (χ1v) is 7.92. The van der Waals surface area contributed by atoms with Gasteiger partial charge in [-0.05, 0) is 25.3 Å². The summed E-state index contributed by atoms with van der Waals surface area (Å²) in [6.45, 7) is 2.15. The Balaban J connectivity index is 2.60. The number of hydrogen-bond acceptors (Lipinski definition) is 1. The van der Waals surface area contributed by atoms with Crippen molar-refractivity contribution in [3.63, 3.8) is 0 Å². The van der Waals surface area contributed by atoms with Crippen LogP contribution in [0.3, 0.4) is 0 Å². The third-order valence-electron chi connectivity index (χ3n) is 3.14. The standard InChI is InChI=1S/C15H20BrClO/c1-3-5-6-9-13(17)15-10-7-8-12(11-16)14(4-2)18-15/h1,5-8,12-15H,4,9-11H2,2H3/b6-5-/t12-,13-,14+,15-/m1/s1. The second-order valence-corrected chi connectivity index (χ2v) is 5.63. The van der Waals surface area contributed by atoms with Gasteiger partial charge in [0.15, 0.2) is 0 Å². The molecule has 1 rings (SSSR count). The van der Waals surface area contributed by atoms with Gasteiger partial charge in [0.25, 0.3) is 0 Å². The molecule has 0 aliphatic carbocycles. The Kier molecular flexibility index (Phi) is 7.74. The van der Waals surface area contributed by atoms with E-state index in [9.17, 15) is 0 Å². The van der Waals surface area contributed by atoms with Crippen LogP contribution in [0.2, 0.25) is 0 Å². The molecule has 100 valence electrons. The summed E-state index contributed by atoms with van der Waals surface area (Å²) >= 11 is 9.93. The largest absolute Gasteiger partial charge is 0.372 e. The van der Waals surface area contributed by atoms with Gasteiger partial charge in [0.1, 0.15) is 0 Å². The van der Waals surface area contributed by atoms with Crippen molar-refractivity contribution in [2.45, 2.75) is 43.8 Å². The molecule has 4 atom stereocenters. The lowest BCUT2D eigenvalue weighted by Gasteiger charge is -2.27. The fourth-order valence-electron chi connectivity index (χ4n) is 2.09. The van der Waals surface area contributed by atoms with Crippen LogP contribution in [0.15, 0.2) is 24.3 Å². The first kappa shape index (κ1) is 15.8. The molecule has 0 saturated carbocycles. The number of halogens is 2. The fraction of sp³-hybridized carbons (Fsp3) is 0.600. The van der Waals surface area contributed by atoms with Crippen molar-refractivity contribution in [1.29, 1.82) is 0 Å². The Morgan fingerprint density at radius 1 is 1.67 bits per heavy atom. The average Bonchev–Trinajstić information content (AvgIpc) is 2.60. The topological polar surface area (TPSA) is 9.23 Å². The molecule has 1 aliphatic rings. The zero-order valence-corrected chi connectivity index (χ0v) is 13.0. The van der Waals surface area contributed by atoms with E-state index in [1.807, 2.05) is 6.08 Å². The van der Waals surface area contributed by atoms with Crippen LogP contribution >= 0.6 is 27.5 Å². The minimum absolute atomic E-state index is 0.0256. The summed E-state index contributed by atoms with van der Waals surface area (Å²) in [4.78, 5) is 0.